The molecular weight excluding hydrogens is 351 g/mol. The fraction of sp³-hybridized carbons (Fsp3) is 0.294. The van der Waals surface area contributed by atoms with Gasteiger partial charge in [-0.1, -0.05) is 17.7 Å². The number of nitrogens with two attached hydrogens (primary N) is 1. The fourth-order valence-corrected chi connectivity index (χ4v) is 3.83. The van der Waals surface area contributed by atoms with E-state index < -0.39 is 11.4 Å². The maximum absolute atomic E-state index is 14.3. The minimum absolute atomic E-state index is 0.0966. The van der Waals surface area contributed by atoms with E-state index in [9.17, 15) is 9.18 Å². The number of hydrogen-bond acceptors (Lipinski definition) is 5. The summed E-state index contributed by atoms with van der Waals surface area (Å²) >= 11 is 7.30. The number of Topliss-reactive ketones (excluding diaryl/α,β-unsaturated/α-hetero) is 1. The van der Waals surface area contributed by atoms with E-state index in [0.717, 1.165) is 0 Å². The molecule has 1 aliphatic rings. The van der Waals surface area contributed by atoms with Gasteiger partial charge in [0.1, 0.15) is 23.8 Å². The van der Waals surface area contributed by atoms with Crippen LogP contribution in [-0.2, 0) is 16.7 Å². The minimum Gasteiger partial charge on any atom is -0.386 e. The van der Waals surface area contributed by atoms with Crippen molar-refractivity contribution in [2.24, 2.45) is 10.7 Å². The molecular formula is C17H16ClFN2O2S. The Kier molecular flexibility index (Phi) is 4.71. The normalized spacial score (nSPS) is 20.7. The SMILES string of the molecule is C[C@@]1(c2cc(CC(=O)c3sccc3Cl)ccc2F)COCC(N)=N1. The summed E-state index contributed by atoms with van der Waals surface area (Å²) in [5.41, 5.74) is 5.90. The summed E-state index contributed by atoms with van der Waals surface area (Å²) < 4.78 is 19.7. The van der Waals surface area contributed by atoms with Crippen molar-refractivity contribution in [3.05, 3.63) is 56.5 Å². The summed E-state index contributed by atoms with van der Waals surface area (Å²) in [5.74, 6) is -0.166. The van der Waals surface area contributed by atoms with Crippen molar-refractivity contribution < 1.29 is 13.9 Å². The van der Waals surface area contributed by atoms with Crippen LogP contribution in [0.4, 0.5) is 4.39 Å². The monoisotopic (exact) mass is 366 g/mol. The third kappa shape index (κ3) is 3.36. The molecule has 2 N–H and O–H groups in total. The number of carbonyl (C=O) groups is 1. The van der Waals surface area contributed by atoms with Gasteiger partial charge in [0, 0.05) is 12.0 Å². The Balaban J connectivity index is 1.91. The fourth-order valence-electron chi connectivity index (χ4n) is 2.73. The molecule has 0 amide bonds. The molecule has 24 heavy (non-hydrogen) atoms. The molecule has 126 valence electrons. The number of thiophene rings is 1. The van der Waals surface area contributed by atoms with Crippen LogP contribution in [-0.4, -0.2) is 24.8 Å². The molecule has 1 atom stereocenters. The molecule has 0 radical (unpaired) electrons. The van der Waals surface area contributed by atoms with Gasteiger partial charge in [-0.25, -0.2) is 4.39 Å². The molecule has 0 saturated heterocycles. The zero-order valence-corrected chi connectivity index (χ0v) is 14.6. The second-order valence-corrected chi connectivity index (χ2v) is 7.20. The zero-order chi connectivity index (χ0) is 17.3. The van der Waals surface area contributed by atoms with Crippen molar-refractivity contribution >= 4 is 34.6 Å². The van der Waals surface area contributed by atoms with E-state index in [2.05, 4.69) is 4.99 Å². The topological polar surface area (TPSA) is 64.7 Å². The lowest BCUT2D eigenvalue weighted by molar-refractivity contribution is 0.0995. The van der Waals surface area contributed by atoms with Crippen molar-refractivity contribution in [2.75, 3.05) is 13.2 Å². The van der Waals surface area contributed by atoms with Crippen LogP contribution in [0, 0.1) is 5.82 Å². The van der Waals surface area contributed by atoms with Crippen LogP contribution in [0.5, 0.6) is 0 Å². The molecule has 2 aromatic rings. The average molecular weight is 367 g/mol. The van der Waals surface area contributed by atoms with Crippen molar-refractivity contribution in [3.63, 3.8) is 0 Å². The summed E-state index contributed by atoms with van der Waals surface area (Å²) in [6, 6.07) is 6.28. The molecule has 0 aliphatic carbocycles. The second kappa shape index (κ2) is 6.63. The second-order valence-electron chi connectivity index (χ2n) is 5.88. The van der Waals surface area contributed by atoms with Crippen molar-refractivity contribution in [3.8, 4) is 0 Å². The quantitative estimate of drug-likeness (QED) is 0.841. The maximum Gasteiger partial charge on any atom is 0.178 e. The number of carbonyl (C=O) groups excluding carboxylic acids is 1. The molecule has 0 fully saturated rings. The third-order valence-corrected chi connectivity index (χ3v) is 5.25. The van der Waals surface area contributed by atoms with E-state index in [1.54, 1.807) is 30.5 Å². The number of rotatable bonds is 4. The predicted octanol–water partition coefficient (Wildman–Crippen LogP) is 3.57. The number of nitrogens with zero attached hydrogens (tertiary/aromatic N) is 1. The van der Waals surface area contributed by atoms with E-state index in [4.69, 9.17) is 22.1 Å². The van der Waals surface area contributed by atoms with E-state index >= 15 is 0 Å². The Hall–Kier alpha value is -1.76. The molecule has 0 spiro atoms. The first-order chi connectivity index (χ1) is 11.4. The lowest BCUT2D eigenvalue weighted by Gasteiger charge is -2.30. The lowest BCUT2D eigenvalue weighted by atomic mass is 9.90. The van der Waals surface area contributed by atoms with Crippen LogP contribution in [0.3, 0.4) is 0 Å². The Morgan fingerprint density at radius 2 is 2.29 bits per heavy atom. The molecule has 2 heterocycles. The van der Waals surface area contributed by atoms with Crippen LogP contribution in [0.25, 0.3) is 0 Å². The number of amidine groups is 1. The molecule has 0 saturated carbocycles. The highest BCUT2D eigenvalue weighted by molar-refractivity contribution is 7.12. The zero-order valence-electron chi connectivity index (χ0n) is 13.0. The Bertz CT molecular complexity index is 821. The molecule has 1 aromatic heterocycles. The van der Waals surface area contributed by atoms with E-state index in [1.807, 2.05) is 0 Å². The summed E-state index contributed by atoms with van der Waals surface area (Å²) in [6.07, 6.45) is 0.143. The minimum atomic E-state index is -0.897. The number of ether oxygens (including phenoxy) is 1. The van der Waals surface area contributed by atoms with Crippen LogP contribution in [0.15, 0.2) is 34.6 Å². The largest absolute Gasteiger partial charge is 0.386 e. The first-order valence-electron chi connectivity index (χ1n) is 7.36. The highest BCUT2D eigenvalue weighted by atomic mass is 35.5. The molecule has 7 heteroatoms. The number of benzene rings is 1. The van der Waals surface area contributed by atoms with Gasteiger partial charge in [0.05, 0.1) is 16.5 Å². The molecule has 0 bridgehead atoms. The Labute approximate surface area is 148 Å². The molecule has 4 nitrogen and oxygen atoms in total. The average Bonchev–Trinajstić information content (AvgIpc) is 2.95. The van der Waals surface area contributed by atoms with Crippen LogP contribution >= 0.6 is 22.9 Å². The summed E-state index contributed by atoms with van der Waals surface area (Å²) in [4.78, 5) is 17.2. The predicted molar refractivity (Wildman–Crippen MR) is 93.6 cm³/mol. The Morgan fingerprint density at radius 1 is 1.50 bits per heavy atom. The molecule has 0 unspecified atom stereocenters. The maximum atomic E-state index is 14.3. The first-order valence-corrected chi connectivity index (χ1v) is 8.62. The van der Waals surface area contributed by atoms with Gasteiger partial charge in [-0.3, -0.25) is 9.79 Å². The number of ketones is 1. The van der Waals surface area contributed by atoms with Gasteiger partial charge in [0.15, 0.2) is 5.78 Å². The van der Waals surface area contributed by atoms with E-state index in [-0.39, 0.29) is 25.4 Å². The van der Waals surface area contributed by atoms with Gasteiger partial charge in [0.2, 0.25) is 0 Å². The number of halogens is 2. The third-order valence-electron chi connectivity index (χ3n) is 3.87. The summed E-state index contributed by atoms with van der Waals surface area (Å²) in [7, 11) is 0. The van der Waals surface area contributed by atoms with Gasteiger partial charge in [-0.05, 0) is 36.1 Å². The highest BCUT2D eigenvalue weighted by Crippen LogP contribution is 2.31. The summed E-state index contributed by atoms with van der Waals surface area (Å²) in [6.45, 7) is 2.24. The van der Waals surface area contributed by atoms with Crippen molar-refractivity contribution in [2.45, 2.75) is 18.9 Å². The van der Waals surface area contributed by atoms with E-state index in [0.29, 0.717) is 26.9 Å². The van der Waals surface area contributed by atoms with Gasteiger partial charge in [0.25, 0.3) is 0 Å². The van der Waals surface area contributed by atoms with Gasteiger partial charge < -0.3 is 10.5 Å². The smallest absolute Gasteiger partial charge is 0.178 e. The molecule has 1 aromatic carbocycles. The number of aliphatic imine (C=N–C) groups is 1. The molecule has 3 rings (SSSR count). The molecule has 1 aliphatic heterocycles. The first kappa shape index (κ1) is 17.1. The van der Waals surface area contributed by atoms with Crippen LogP contribution < -0.4 is 5.73 Å². The standard InChI is InChI=1S/C17H16ClFN2O2S/c1-17(9-23-8-15(20)21-17)11-6-10(2-3-13(11)19)7-14(22)16-12(18)4-5-24-16/h2-6H,7-9H2,1H3,(H2,20,21)/t17-/m0/s1. The number of hydrogen-bond donors (Lipinski definition) is 1. The van der Waals surface area contributed by atoms with Crippen molar-refractivity contribution in [1.82, 2.24) is 0 Å². The Morgan fingerprint density at radius 3 is 2.96 bits per heavy atom. The lowest BCUT2D eigenvalue weighted by Crippen LogP contribution is -2.38. The van der Waals surface area contributed by atoms with Crippen molar-refractivity contribution in [1.29, 1.82) is 0 Å². The van der Waals surface area contributed by atoms with Crippen LogP contribution in [0.1, 0.15) is 27.7 Å². The van der Waals surface area contributed by atoms with E-state index in [1.165, 1.54) is 17.4 Å². The van der Waals surface area contributed by atoms with Gasteiger partial charge in [-0.15, -0.1) is 11.3 Å². The summed E-state index contributed by atoms with van der Waals surface area (Å²) in [5, 5.41) is 2.21. The van der Waals surface area contributed by atoms with Gasteiger partial charge >= 0.3 is 0 Å². The van der Waals surface area contributed by atoms with Crippen LogP contribution in [0.2, 0.25) is 5.02 Å². The van der Waals surface area contributed by atoms with Gasteiger partial charge in [-0.2, -0.15) is 0 Å². The highest BCUT2D eigenvalue weighted by Gasteiger charge is 2.33.